The maximum absolute atomic E-state index is 12.7. The Hall–Kier alpha value is -2.75. The summed E-state index contributed by atoms with van der Waals surface area (Å²) in [5.74, 6) is 1.42. The van der Waals surface area contributed by atoms with Crippen molar-refractivity contribution >= 4 is 23.3 Å². The first kappa shape index (κ1) is 18.6. The number of rotatable bonds is 3. The van der Waals surface area contributed by atoms with Crippen LogP contribution in [0.5, 0.6) is 11.5 Å². The molecule has 2 fully saturated rings. The third-order valence-electron chi connectivity index (χ3n) is 5.47. The van der Waals surface area contributed by atoms with Gasteiger partial charge < -0.3 is 20.1 Å². The fourth-order valence-corrected chi connectivity index (χ4v) is 4.31. The second kappa shape index (κ2) is 7.70. The Morgan fingerprint density at radius 2 is 2.00 bits per heavy atom. The molecular weight excluding hydrogens is 378 g/mol. The zero-order valence-electron chi connectivity index (χ0n) is 15.1. The lowest BCUT2D eigenvalue weighted by atomic mass is 10.0. The minimum Gasteiger partial charge on any atom is -0.456 e. The molecule has 6 nitrogen and oxygen atoms in total. The van der Waals surface area contributed by atoms with E-state index >= 15 is 0 Å². The number of carbonyl (C=O) groups is 1. The number of anilines is 1. The molecule has 0 bridgehead atoms. The van der Waals surface area contributed by atoms with E-state index in [0.29, 0.717) is 40.2 Å². The van der Waals surface area contributed by atoms with E-state index < -0.39 is 6.10 Å². The molecule has 0 unspecified atom stereocenters. The van der Waals surface area contributed by atoms with Gasteiger partial charge in [-0.05, 0) is 67.6 Å². The highest BCUT2D eigenvalue weighted by Gasteiger charge is 2.45. The predicted octanol–water partition coefficient (Wildman–Crippen LogP) is 4.38. The number of aliphatic hydroxyl groups excluding tert-OH is 1. The van der Waals surface area contributed by atoms with Crippen molar-refractivity contribution in [2.24, 2.45) is 5.92 Å². The number of likely N-dealkylation sites (tertiary alicyclic amines) is 1. The molecule has 0 radical (unpaired) electrons. The molecule has 144 valence electrons. The number of hydrogen-bond donors (Lipinski definition) is 2. The van der Waals surface area contributed by atoms with Crippen LogP contribution in [0.3, 0.4) is 0 Å². The van der Waals surface area contributed by atoms with Crippen LogP contribution in [0.2, 0.25) is 5.02 Å². The quantitative estimate of drug-likeness (QED) is 0.804. The number of carbonyl (C=O) groups excluding carboxylic acids is 1. The summed E-state index contributed by atoms with van der Waals surface area (Å²) in [7, 11) is 0. The third-order valence-corrected chi connectivity index (χ3v) is 5.76. The molecule has 2 amide bonds. The molecule has 1 heterocycles. The van der Waals surface area contributed by atoms with Crippen LogP contribution in [0.15, 0.2) is 42.5 Å². The van der Waals surface area contributed by atoms with E-state index in [1.165, 1.54) is 0 Å². The molecular formula is C21H20ClN3O3. The van der Waals surface area contributed by atoms with Gasteiger partial charge in [-0.1, -0.05) is 11.6 Å². The maximum atomic E-state index is 12.7. The number of urea groups is 1. The molecule has 28 heavy (non-hydrogen) atoms. The fraction of sp³-hybridized carbons (Fsp3) is 0.333. The van der Waals surface area contributed by atoms with Crippen LogP contribution in [0.1, 0.15) is 24.8 Å². The van der Waals surface area contributed by atoms with Crippen LogP contribution in [0.25, 0.3) is 0 Å². The van der Waals surface area contributed by atoms with E-state index in [1.54, 1.807) is 47.4 Å². The molecule has 1 aliphatic carbocycles. The van der Waals surface area contributed by atoms with Gasteiger partial charge in [0.05, 0.1) is 28.8 Å². The third kappa shape index (κ3) is 3.64. The summed E-state index contributed by atoms with van der Waals surface area (Å²) in [5, 5.41) is 22.2. The lowest BCUT2D eigenvalue weighted by molar-refractivity contribution is 0.101. The first-order valence-corrected chi connectivity index (χ1v) is 9.66. The Kier molecular flexibility index (Phi) is 5.12. The predicted molar refractivity (Wildman–Crippen MR) is 106 cm³/mol. The number of nitriles is 1. The normalized spacial score (nSPS) is 23.2. The Balaban J connectivity index is 1.42. The summed E-state index contributed by atoms with van der Waals surface area (Å²) in [4.78, 5) is 14.4. The smallest absolute Gasteiger partial charge is 0.322 e. The SMILES string of the molecule is N#Cc1ccc(Oc2ccc(NC(=O)N3CC[C@@H]4CC[C@@H](O)[C@@H]43)cc2Cl)cc1. The number of hydrogen-bond acceptors (Lipinski definition) is 4. The molecule has 1 saturated carbocycles. The van der Waals surface area contributed by atoms with Gasteiger partial charge in [-0.3, -0.25) is 0 Å². The first-order chi connectivity index (χ1) is 13.5. The van der Waals surface area contributed by atoms with Gasteiger partial charge in [0, 0.05) is 12.2 Å². The average Bonchev–Trinajstić information content (AvgIpc) is 3.28. The number of nitrogens with one attached hydrogen (secondary N) is 1. The minimum absolute atomic E-state index is 0.0885. The van der Waals surface area contributed by atoms with Crippen molar-refractivity contribution in [3.05, 3.63) is 53.1 Å². The maximum Gasteiger partial charge on any atom is 0.322 e. The second-order valence-corrected chi connectivity index (χ2v) is 7.60. The van der Waals surface area contributed by atoms with Gasteiger partial charge in [0.25, 0.3) is 0 Å². The number of aliphatic hydroxyl groups is 1. The lowest BCUT2D eigenvalue weighted by Crippen LogP contribution is -2.44. The molecule has 7 heteroatoms. The molecule has 3 atom stereocenters. The van der Waals surface area contributed by atoms with Crippen molar-refractivity contribution in [2.75, 3.05) is 11.9 Å². The van der Waals surface area contributed by atoms with Crippen LogP contribution in [-0.2, 0) is 0 Å². The van der Waals surface area contributed by atoms with E-state index in [2.05, 4.69) is 11.4 Å². The first-order valence-electron chi connectivity index (χ1n) is 9.28. The summed E-state index contributed by atoms with van der Waals surface area (Å²) in [5.41, 5.74) is 1.12. The molecule has 2 aromatic carbocycles. The largest absolute Gasteiger partial charge is 0.456 e. The standard InChI is InChI=1S/C21H20ClN3O3/c22-17-11-15(4-8-19(17)28-16-5-1-13(12-23)2-6-16)24-21(27)25-10-9-14-3-7-18(26)20(14)25/h1-2,4-6,8,11,14,18,20,26H,3,7,9-10H2,(H,24,27)/t14-,18+,20+/m0/s1. The molecule has 2 aliphatic rings. The van der Waals surface area contributed by atoms with Gasteiger partial charge in [0.2, 0.25) is 0 Å². The summed E-state index contributed by atoms with van der Waals surface area (Å²) < 4.78 is 5.74. The van der Waals surface area contributed by atoms with E-state index in [9.17, 15) is 9.90 Å². The fourth-order valence-electron chi connectivity index (χ4n) is 4.09. The van der Waals surface area contributed by atoms with Gasteiger partial charge in [-0.2, -0.15) is 5.26 Å². The molecule has 2 N–H and O–H groups in total. The van der Waals surface area contributed by atoms with Gasteiger partial charge in [0.1, 0.15) is 11.5 Å². The molecule has 4 rings (SSSR count). The highest BCUT2D eigenvalue weighted by atomic mass is 35.5. The summed E-state index contributed by atoms with van der Waals surface area (Å²) >= 11 is 6.31. The number of fused-ring (bicyclic) bond motifs is 1. The van der Waals surface area contributed by atoms with Crippen molar-refractivity contribution in [2.45, 2.75) is 31.4 Å². The van der Waals surface area contributed by atoms with Gasteiger partial charge in [0.15, 0.2) is 0 Å². The monoisotopic (exact) mass is 397 g/mol. The van der Waals surface area contributed by atoms with Gasteiger partial charge in [-0.25, -0.2) is 4.79 Å². The summed E-state index contributed by atoms with van der Waals surface area (Å²) in [6.45, 7) is 0.659. The van der Waals surface area contributed by atoms with E-state index in [1.807, 2.05) is 0 Å². The number of nitrogens with zero attached hydrogens (tertiary/aromatic N) is 2. The van der Waals surface area contributed by atoms with E-state index in [0.717, 1.165) is 19.3 Å². The van der Waals surface area contributed by atoms with Crippen molar-refractivity contribution in [1.82, 2.24) is 4.90 Å². The van der Waals surface area contributed by atoms with E-state index in [4.69, 9.17) is 21.6 Å². The van der Waals surface area contributed by atoms with Crippen LogP contribution in [0.4, 0.5) is 10.5 Å². The number of halogens is 1. The van der Waals surface area contributed by atoms with Crippen LogP contribution in [0, 0.1) is 17.2 Å². The molecule has 1 saturated heterocycles. The Morgan fingerprint density at radius 3 is 2.71 bits per heavy atom. The van der Waals surface area contributed by atoms with Crippen LogP contribution >= 0.6 is 11.6 Å². The van der Waals surface area contributed by atoms with Crippen molar-refractivity contribution in [1.29, 1.82) is 5.26 Å². The summed E-state index contributed by atoms with van der Waals surface area (Å²) in [6.07, 6.45) is 2.23. The van der Waals surface area contributed by atoms with Crippen molar-refractivity contribution in [3.8, 4) is 17.6 Å². The zero-order chi connectivity index (χ0) is 19.7. The van der Waals surface area contributed by atoms with E-state index in [-0.39, 0.29) is 12.1 Å². The zero-order valence-corrected chi connectivity index (χ0v) is 15.9. The Bertz CT molecular complexity index is 925. The Labute approximate surface area is 168 Å². The second-order valence-electron chi connectivity index (χ2n) is 7.19. The number of benzene rings is 2. The van der Waals surface area contributed by atoms with Crippen LogP contribution < -0.4 is 10.1 Å². The van der Waals surface area contributed by atoms with Crippen molar-refractivity contribution < 1.29 is 14.6 Å². The molecule has 0 aromatic heterocycles. The topological polar surface area (TPSA) is 85.6 Å². The van der Waals surface area contributed by atoms with Gasteiger partial charge in [-0.15, -0.1) is 0 Å². The highest BCUT2D eigenvalue weighted by molar-refractivity contribution is 6.32. The van der Waals surface area contributed by atoms with Crippen molar-refractivity contribution in [3.63, 3.8) is 0 Å². The molecule has 1 aliphatic heterocycles. The number of ether oxygens (including phenoxy) is 1. The van der Waals surface area contributed by atoms with Crippen LogP contribution in [-0.4, -0.2) is 34.7 Å². The van der Waals surface area contributed by atoms with Gasteiger partial charge >= 0.3 is 6.03 Å². The molecule has 0 spiro atoms. The highest BCUT2D eigenvalue weighted by Crippen LogP contribution is 2.38. The molecule has 2 aromatic rings. The summed E-state index contributed by atoms with van der Waals surface area (Å²) in [6, 6.07) is 13.5. The number of amides is 2. The average molecular weight is 398 g/mol. The lowest BCUT2D eigenvalue weighted by Gasteiger charge is -2.27. The Morgan fingerprint density at radius 1 is 1.21 bits per heavy atom. The minimum atomic E-state index is -0.440.